The summed E-state index contributed by atoms with van der Waals surface area (Å²) in [4.78, 5) is 16.1. The largest absolute Gasteiger partial charge is 0.431 e. The highest BCUT2D eigenvalue weighted by Gasteiger charge is 2.13. The van der Waals surface area contributed by atoms with E-state index in [1.807, 2.05) is 13.8 Å². The summed E-state index contributed by atoms with van der Waals surface area (Å²) >= 11 is 3.33. The smallest absolute Gasteiger partial charge is 0.313 e. The van der Waals surface area contributed by atoms with Gasteiger partial charge in [-0.05, 0) is 41.9 Å². The third-order valence-electron chi connectivity index (χ3n) is 2.59. The Morgan fingerprint density at radius 3 is 2.79 bits per heavy atom. The molecule has 100 valence electrons. The number of nitrogens with two attached hydrogens (primary N) is 1. The highest BCUT2D eigenvalue weighted by Crippen LogP contribution is 2.33. The molecule has 0 saturated heterocycles. The number of para-hydroxylation sites is 1. The summed E-state index contributed by atoms with van der Waals surface area (Å²) in [5.74, 6) is 0.406. The molecule has 0 aliphatic carbocycles. The first-order valence-electron chi connectivity index (χ1n) is 5.79. The van der Waals surface area contributed by atoms with Crippen molar-refractivity contribution in [2.24, 2.45) is 0 Å². The van der Waals surface area contributed by atoms with Crippen LogP contribution in [0.5, 0.6) is 11.6 Å². The Morgan fingerprint density at radius 1 is 1.42 bits per heavy atom. The fourth-order valence-electron chi connectivity index (χ4n) is 1.61. The second-order valence-corrected chi connectivity index (χ2v) is 5.15. The SMILES string of the molecule is CC(C)n1ccnc(Oc2c(N)cccc2Br)c1=O. The van der Waals surface area contributed by atoms with Crippen LogP contribution in [0.15, 0.2) is 39.9 Å². The topological polar surface area (TPSA) is 70.1 Å². The Balaban J connectivity index is 2.45. The molecule has 0 spiro atoms. The fourth-order valence-corrected chi connectivity index (χ4v) is 2.08. The van der Waals surface area contributed by atoms with Crippen molar-refractivity contribution in [3.05, 3.63) is 45.4 Å². The lowest BCUT2D eigenvalue weighted by Crippen LogP contribution is -2.23. The predicted octanol–water partition coefficient (Wildman–Crippen LogP) is 2.96. The maximum atomic E-state index is 12.2. The Bertz CT molecular complexity index is 632. The van der Waals surface area contributed by atoms with Gasteiger partial charge < -0.3 is 15.0 Å². The molecule has 0 saturated carbocycles. The number of nitrogens with zero attached hydrogens (tertiary/aromatic N) is 2. The first-order valence-corrected chi connectivity index (χ1v) is 6.59. The van der Waals surface area contributed by atoms with E-state index in [0.717, 1.165) is 0 Å². The van der Waals surface area contributed by atoms with E-state index in [1.165, 1.54) is 6.20 Å². The summed E-state index contributed by atoms with van der Waals surface area (Å²) in [6, 6.07) is 5.31. The van der Waals surface area contributed by atoms with E-state index < -0.39 is 0 Å². The van der Waals surface area contributed by atoms with E-state index in [4.69, 9.17) is 10.5 Å². The zero-order valence-electron chi connectivity index (χ0n) is 10.6. The number of anilines is 1. The highest BCUT2D eigenvalue weighted by molar-refractivity contribution is 9.10. The number of ether oxygens (including phenoxy) is 1. The van der Waals surface area contributed by atoms with Crippen LogP contribution in [0.4, 0.5) is 5.69 Å². The van der Waals surface area contributed by atoms with E-state index in [9.17, 15) is 4.79 Å². The molecular weight excluding hydrogens is 310 g/mol. The van der Waals surface area contributed by atoms with Gasteiger partial charge in [0.05, 0.1) is 10.2 Å². The van der Waals surface area contributed by atoms with Gasteiger partial charge in [0, 0.05) is 18.4 Å². The minimum Gasteiger partial charge on any atom is -0.431 e. The van der Waals surface area contributed by atoms with Gasteiger partial charge in [0.1, 0.15) is 0 Å². The van der Waals surface area contributed by atoms with Crippen molar-refractivity contribution in [3.63, 3.8) is 0 Å². The first kappa shape index (κ1) is 13.6. The van der Waals surface area contributed by atoms with Crippen molar-refractivity contribution < 1.29 is 4.74 Å². The number of benzene rings is 1. The van der Waals surface area contributed by atoms with Gasteiger partial charge in [0.2, 0.25) is 0 Å². The summed E-state index contributed by atoms with van der Waals surface area (Å²) in [5.41, 5.74) is 5.98. The molecule has 2 N–H and O–H groups in total. The lowest BCUT2D eigenvalue weighted by atomic mass is 10.3. The monoisotopic (exact) mass is 323 g/mol. The number of hydrogen-bond acceptors (Lipinski definition) is 4. The molecule has 0 radical (unpaired) electrons. The van der Waals surface area contributed by atoms with E-state index in [0.29, 0.717) is 15.9 Å². The standard InChI is InChI=1S/C13H14BrN3O2/c1-8(2)17-7-6-16-12(13(17)18)19-11-9(14)4-3-5-10(11)15/h3-8H,15H2,1-2H3. The lowest BCUT2D eigenvalue weighted by Gasteiger charge is -2.12. The number of rotatable bonds is 3. The molecule has 0 aliphatic heterocycles. The summed E-state index contributed by atoms with van der Waals surface area (Å²) in [6.07, 6.45) is 3.16. The van der Waals surface area contributed by atoms with Gasteiger partial charge in [-0.15, -0.1) is 0 Å². The number of halogens is 1. The van der Waals surface area contributed by atoms with Crippen molar-refractivity contribution in [1.29, 1.82) is 0 Å². The van der Waals surface area contributed by atoms with Crippen molar-refractivity contribution >= 4 is 21.6 Å². The van der Waals surface area contributed by atoms with Gasteiger partial charge in [-0.25, -0.2) is 4.98 Å². The van der Waals surface area contributed by atoms with Crippen LogP contribution in [0, 0.1) is 0 Å². The van der Waals surface area contributed by atoms with Crippen molar-refractivity contribution in [2.45, 2.75) is 19.9 Å². The molecule has 2 aromatic rings. The Morgan fingerprint density at radius 2 is 2.16 bits per heavy atom. The van der Waals surface area contributed by atoms with Crippen LogP contribution < -0.4 is 16.0 Å². The van der Waals surface area contributed by atoms with Gasteiger partial charge >= 0.3 is 5.56 Å². The Hall–Kier alpha value is -1.82. The molecule has 6 heteroatoms. The zero-order chi connectivity index (χ0) is 14.0. The second kappa shape index (κ2) is 5.44. The molecule has 0 atom stereocenters. The Kier molecular flexibility index (Phi) is 3.90. The van der Waals surface area contributed by atoms with Gasteiger partial charge in [-0.1, -0.05) is 6.07 Å². The molecular formula is C13H14BrN3O2. The minimum absolute atomic E-state index is 0.00907. The molecule has 19 heavy (non-hydrogen) atoms. The first-order chi connectivity index (χ1) is 9.00. The van der Waals surface area contributed by atoms with Gasteiger partial charge in [-0.2, -0.15) is 0 Å². The van der Waals surface area contributed by atoms with E-state index >= 15 is 0 Å². The molecule has 0 unspecified atom stereocenters. The van der Waals surface area contributed by atoms with Crippen molar-refractivity contribution in [2.75, 3.05) is 5.73 Å². The van der Waals surface area contributed by atoms with Crippen LogP contribution >= 0.6 is 15.9 Å². The maximum Gasteiger partial charge on any atom is 0.313 e. The van der Waals surface area contributed by atoms with Crippen molar-refractivity contribution in [1.82, 2.24) is 9.55 Å². The number of hydrogen-bond donors (Lipinski definition) is 1. The van der Waals surface area contributed by atoms with Gasteiger partial charge in [0.15, 0.2) is 5.75 Å². The molecule has 1 heterocycles. The average molecular weight is 324 g/mol. The van der Waals surface area contributed by atoms with Crippen molar-refractivity contribution in [3.8, 4) is 11.6 Å². The van der Waals surface area contributed by atoms with Crippen LogP contribution in [-0.2, 0) is 0 Å². The van der Waals surface area contributed by atoms with Crippen LogP contribution in [0.2, 0.25) is 0 Å². The van der Waals surface area contributed by atoms with Gasteiger partial charge in [0.25, 0.3) is 5.88 Å². The molecule has 0 fully saturated rings. The molecule has 2 rings (SSSR count). The van der Waals surface area contributed by atoms with E-state index in [1.54, 1.807) is 29.0 Å². The summed E-state index contributed by atoms with van der Waals surface area (Å²) < 4.78 is 7.77. The quantitative estimate of drug-likeness (QED) is 0.881. The second-order valence-electron chi connectivity index (χ2n) is 4.30. The normalized spacial score (nSPS) is 10.7. The van der Waals surface area contributed by atoms with Crippen LogP contribution in [0.3, 0.4) is 0 Å². The summed E-state index contributed by atoms with van der Waals surface area (Å²) in [7, 11) is 0. The third-order valence-corrected chi connectivity index (χ3v) is 3.21. The van der Waals surface area contributed by atoms with Crippen LogP contribution in [0.1, 0.15) is 19.9 Å². The van der Waals surface area contributed by atoms with Crippen LogP contribution in [-0.4, -0.2) is 9.55 Å². The van der Waals surface area contributed by atoms with E-state index in [-0.39, 0.29) is 17.5 Å². The molecule has 0 aliphatic rings. The third kappa shape index (κ3) is 2.78. The minimum atomic E-state index is -0.285. The molecule has 1 aromatic carbocycles. The predicted molar refractivity (Wildman–Crippen MR) is 77.5 cm³/mol. The zero-order valence-corrected chi connectivity index (χ0v) is 12.2. The highest BCUT2D eigenvalue weighted by atomic mass is 79.9. The lowest BCUT2D eigenvalue weighted by molar-refractivity contribution is 0.436. The maximum absolute atomic E-state index is 12.2. The molecule has 5 nitrogen and oxygen atoms in total. The molecule has 0 bridgehead atoms. The van der Waals surface area contributed by atoms with Gasteiger partial charge in [-0.3, -0.25) is 4.79 Å². The molecule has 0 amide bonds. The van der Waals surface area contributed by atoms with Crippen LogP contribution in [0.25, 0.3) is 0 Å². The summed E-state index contributed by atoms with van der Waals surface area (Å²) in [5, 5.41) is 0. The van der Waals surface area contributed by atoms with E-state index in [2.05, 4.69) is 20.9 Å². The Labute approximate surface area is 119 Å². The molecule has 1 aromatic heterocycles. The number of aromatic nitrogens is 2. The summed E-state index contributed by atoms with van der Waals surface area (Å²) in [6.45, 7) is 3.83. The average Bonchev–Trinajstić information content (AvgIpc) is 2.35. The fraction of sp³-hybridized carbons (Fsp3) is 0.231. The number of nitrogen functional groups attached to an aromatic ring is 1.